The van der Waals surface area contributed by atoms with Crippen LogP contribution in [-0.2, 0) is 0 Å². The summed E-state index contributed by atoms with van der Waals surface area (Å²) in [5.74, 6) is 0.420. The third-order valence-electron chi connectivity index (χ3n) is 2.28. The van der Waals surface area contributed by atoms with Gasteiger partial charge in [-0.3, -0.25) is 0 Å². The SMILES string of the molecule is CCCC(CBr)CSc1ccc(F)cc1F. The van der Waals surface area contributed by atoms with Gasteiger partial charge in [-0.05, 0) is 24.5 Å². The van der Waals surface area contributed by atoms with Crippen molar-refractivity contribution in [3.63, 3.8) is 0 Å². The molecule has 1 unspecified atom stereocenters. The van der Waals surface area contributed by atoms with Gasteiger partial charge in [0.2, 0.25) is 0 Å². The largest absolute Gasteiger partial charge is 0.207 e. The summed E-state index contributed by atoms with van der Waals surface area (Å²) < 4.78 is 26.0. The number of thioether (sulfide) groups is 1. The third kappa shape index (κ3) is 4.42. The van der Waals surface area contributed by atoms with E-state index in [2.05, 4.69) is 22.9 Å². The maximum absolute atomic E-state index is 13.3. The maximum atomic E-state index is 13.3. The first-order chi connectivity index (χ1) is 7.67. The summed E-state index contributed by atoms with van der Waals surface area (Å²) in [6.45, 7) is 2.14. The molecule has 0 radical (unpaired) electrons. The zero-order valence-corrected chi connectivity index (χ0v) is 11.6. The average Bonchev–Trinajstić information content (AvgIpc) is 2.26. The fraction of sp³-hybridized carbons (Fsp3) is 0.500. The van der Waals surface area contributed by atoms with Gasteiger partial charge in [-0.25, -0.2) is 8.78 Å². The topological polar surface area (TPSA) is 0 Å². The van der Waals surface area contributed by atoms with E-state index in [9.17, 15) is 8.78 Å². The molecule has 0 aliphatic carbocycles. The molecule has 0 N–H and O–H groups in total. The number of hydrogen-bond acceptors (Lipinski definition) is 1. The zero-order chi connectivity index (χ0) is 12.0. The lowest BCUT2D eigenvalue weighted by atomic mass is 10.1. The van der Waals surface area contributed by atoms with Crippen LogP contribution in [0.15, 0.2) is 23.1 Å². The summed E-state index contributed by atoms with van der Waals surface area (Å²) in [5.41, 5.74) is 0. The van der Waals surface area contributed by atoms with Crippen LogP contribution in [-0.4, -0.2) is 11.1 Å². The van der Waals surface area contributed by atoms with Crippen LogP contribution in [0.25, 0.3) is 0 Å². The minimum Gasteiger partial charge on any atom is -0.207 e. The van der Waals surface area contributed by atoms with Gasteiger partial charge in [-0.15, -0.1) is 11.8 Å². The van der Waals surface area contributed by atoms with Crippen molar-refractivity contribution >= 4 is 27.7 Å². The Balaban J connectivity index is 2.53. The second kappa shape index (κ2) is 7.28. The Morgan fingerprint density at radius 1 is 1.38 bits per heavy atom. The van der Waals surface area contributed by atoms with E-state index in [4.69, 9.17) is 0 Å². The summed E-state index contributed by atoms with van der Waals surface area (Å²) in [5, 5.41) is 0.927. The lowest BCUT2D eigenvalue weighted by Gasteiger charge is -2.12. The van der Waals surface area contributed by atoms with E-state index in [1.807, 2.05) is 0 Å². The highest BCUT2D eigenvalue weighted by Gasteiger charge is 2.09. The van der Waals surface area contributed by atoms with E-state index < -0.39 is 11.6 Å². The Bertz CT molecular complexity index is 331. The molecule has 0 aliphatic heterocycles. The molecule has 1 rings (SSSR count). The molecule has 0 aromatic heterocycles. The minimum atomic E-state index is -0.521. The average molecular weight is 309 g/mol. The predicted molar refractivity (Wildman–Crippen MR) is 69.3 cm³/mol. The molecule has 16 heavy (non-hydrogen) atoms. The van der Waals surface area contributed by atoms with E-state index in [0.717, 1.165) is 30.0 Å². The standard InChI is InChI=1S/C12H15BrF2S/c1-2-3-9(7-13)8-16-12-5-4-10(14)6-11(12)15/h4-6,9H,2-3,7-8H2,1H3. The molecular weight excluding hydrogens is 294 g/mol. The van der Waals surface area contributed by atoms with Gasteiger partial charge in [-0.2, -0.15) is 0 Å². The Morgan fingerprint density at radius 3 is 2.69 bits per heavy atom. The fourth-order valence-corrected chi connectivity index (χ4v) is 3.33. The Labute approximate surface area is 108 Å². The lowest BCUT2D eigenvalue weighted by molar-refractivity contribution is 0.564. The van der Waals surface area contributed by atoms with Crippen molar-refractivity contribution in [1.29, 1.82) is 0 Å². The molecule has 90 valence electrons. The van der Waals surface area contributed by atoms with Gasteiger partial charge in [-0.1, -0.05) is 29.3 Å². The van der Waals surface area contributed by atoms with Crippen LogP contribution >= 0.6 is 27.7 Å². The predicted octanol–water partition coefficient (Wildman–Crippen LogP) is 4.87. The summed E-state index contributed by atoms with van der Waals surface area (Å²) in [7, 11) is 0. The maximum Gasteiger partial charge on any atom is 0.139 e. The van der Waals surface area contributed by atoms with Crippen LogP contribution in [0.2, 0.25) is 0 Å². The summed E-state index contributed by atoms with van der Waals surface area (Å²) in [4.78, 5) is 0.531. The van der Waals surface area contributed by atoms with Gasteiger partial charge in [0, 0.05) is 22.0 Å². The second-order valence-corrected chi connectivity index (χ2v) is 5.40. The molecule has 0 bridgehead atoms. The Hall–Kier alpha value is -0.0900. The normalized spacial score (nSPS) is 12.8. The number of hydrogen-bond donors (Lipinski definition) is 0. The van der Waals surface area contributed by atoms with Gasteiger partial charge in [0.1, 0.15) is 11.6 Å². The van der Waals surface area contributed by atoms with Crippen molar-refractivity contribution in [1.82, 2.24) is 0 Å². The molecule has 1 aromatic rings. The molecule has 4 heteroatoms. The molecule has 1 atom stereocenters. The third-order valence-corrected chi connectivity index (χ3v) is 4.48. The van der Waals surface area contributed by atoms with E-state index in [0.29, 0.717) is 10.8 Å². The van der Waals surface area contributed by atoms with Gasteiger partial charge in [0.15, 0.2) is 0 Å². The summed E-state index contributed by atoms with van der Waals surface area (Å²) >= 11 is 4.91. The highest BCUT2D eigenvalue weighted by atomic mass is 79.9. The molecule has 0 amide bonds. The van der Waals surface area contributed by atoms with Crippen LogP contribution in [0.4, 0.5) is 8.78 Å². The Morgan fingerprint density at radius 2 is 2.12 bits per heavy atom. The van der Waals surface area contributed by atoms with Gasteiger partial charge >= 0.3 is 0 Å². The van der Waals surface area contributed by atoms with Crippen molar-refractivity contribution in [3.8, 4) is 0 Å². The summed E-state index contributed by atoms with van der Waals surface area (Å²) in [6, 6.07) is 3.74. The molecule has 0 nitrogen and oxygen atoms in total. The van der Waals surface area contributed by atoms with Gasteiger partial charge in [0.05, 0.1) is 0 Å². The van der Waals surface area contributed by atoms with Crippen molar-refractivity contribution < 1.29 is 8.78 Å². The molecule has 0 fully saturated rings. The van der Waals surface area contributed by atoms with E-state index in [-0.39, 0.29) is 0 Å². The highest BCUT2D eigenvalue weighted by Crippen LogP contribution is 2.26. The summed E-state index contributed by atoms with van der Waals surface area (Å²) in [6.07, 6.45) is 2.25. The molecule has 0 spiro atoms. The Kier molecular flexibility index (Phi) is 6.36. The quantitative estimate of drug-likeness (QED) is 0.534. The van der Waals surface area contributed by atoms with Crippen LogP contribution in [0.1, 0.15) is 19.8 Å². The van der Waals surface area contributed by atoms with Crippen LogP contribution in [0.3, 0.4) is 0 Å². The number of halogens is 3. The number of benzene rings is 1. The smallest absolute Gasteiger partial charge is 0.139 e. The highest BCUT2D eigenvalue weighted by molar-refractivity contribution is 9.09. The molecule has 0 saturated heterocycles. The van der Waals surface area contributed by atoms with E-state index >= 15 is 0 Å². The van der Waals surface area contributed by atoms with Crippen molar-refractivity contribution in [2.75, 3.05) is 11.1 Å². The second-order valence-electron chi connectivity index (χ2n) is 3.69. The molecule has 0 aliphatic rings. The van der Waals surface area contributed by atoms with Crippen molar-refractivity contribution in [2.24, 2.45) is 5.92 Å². The van der Waals surface area contributed by atoms with Crippen LogP contribution in [0, 0.1) is 17.6 Å². The van der Waals surface area contributed by atoms with E-state index in [1.165, 1.54) is 23.9 Å². The number of alkyl halides is 1. The van der Waals surface area contributed by atoms with Gasteiger partial charge in [0.25, 0.3) is 0 Å². The lowest BCUT2D eigenvalue weighted by Crippen LogP contribution is -2.04. The first-order valence-electron chi connectivity index (χ1n) is 5.31. The minimum absolute atomic E-state index is 0.463. The van der Waals surface area contributed by atoms with Crippen LogP contribution in [0.5, 0.6) is 0 Å². The first-order valence-corrected chi connectivity index (χ1v) is 7.41. The van der Waals surface area contributed by atoms with Crippen molar-refractivity contribution in [2.45, 2.75) is 24.7 Å². The molecule has 0 heterocycles. The monoisotopic (exact) mass is 308 g/mol. The fourth-order valence-electron chi connectivity index (χ4n) is 1.41. The van der Waals surface area contributed by atoms with Gasteiger partial charge < -0.3 is 0 Å². The molecule has 0 saturated carbocycles. The van der Waals surface area contributed by atoms with E-state index in [1.54, 1.807) is 0 Å². The number of rotatable bonds is 6. The first kappa shape index (κ1) is 14.0. The van der Waals surface area contributed by atoms with Crippen LogP contribution < -0.4 is 0 Å². The van der Waals surface area contributed by atoms with Crippen molar-refractivity contribution in [3.05, 3.63) is 29.8 Å². The molecular formula is C12H15BrF2S. The molecule has 1 aromatic carbocycles. The zero-order valence-electron chi connectivity index (χ0n) is 9.18.